The molecule has 1 aromatic heterocycles. The second kappa shape index (κ2) is 4.84. The highest BCUT2D eigenvalue weighted by molar-refractivity contribution is 6.31. The third-order valence-electron chi connectivity index (χ3n) is 1.81. The highest BCUT2D eigenvalue weighted by atomic mass is 35.5. The lowest BCUT2D eigenvalue weighted by molar-refractivity contribution is 0.0691. The summed E-state index contributed by atoms with van der Waals surface area (Å²) < 4.78 is 0. The van der Waals surface area contributed by atoms with Crippen LogP contribution in [-0.2, 0) is 0 Å². The van der Waals surface area contributed by atoms with Crippen molar-refractivity contribution in [3.8, 4) is 0 Å². The van der Waals surface area contributed by atoms with E-state index < -0.39 is 5.97 Å². The van der Waals surface area contributed by atoms with Crippen molar-refractivity contribution in [3.05, 3.63) is 35.0 Å². The minimum Gasteiger partial charge on any atom is -0.477 e. The molecule has 15 heavy (non-hydrogen) atoms. The summed E-state index contributed by atoms with van der Waals surface area (Å²) in [7, 11) is 0. The van der Waals surface area contributed by atoms with Gasteiger partial charge in [0.2, 0.25) is 0 Å². The maximum Gasteiger partial charge on any atom is 0.352 e. The Hall–Kier alpha value is -1.48. The number of rotatable bonds is 1. The largest absolute Gasteiger partial charge is 0.477 e. The Morgan fingerprint density at radius 3 is 2.60 bits per heavy atom. The predicted octanol–water partition coefficient (Wildman–Crippen LogP) is 3.55. The van der Waals surface area contributed by atoms with Gasteiger partial charge in [-0.25, -0.2) is 4.79 Å². The van der Waals surface area contributed by atoms with Gasteiger partial charge in [0.25, 0.3) is 0 Å². The van der Waals surface area contributed by atoms with Gasteiger partial charge < -0.3 is 10.1 Å². The number of aromatic carboxylic acids is 1. The summed E-state index contributed by atoms with van der Waals surface area (Å²) in [5.74, 6) is -0.965. The van der Waals surface area contributed by atoms with E-state index in [0.29, 0.717) is 5.02 Å². The van der Waals surface area contributed by atoms with Crippen molar-refractivity contribution in [2.45, 2.75) is 13.8 Å². The molecule has 0 unspecified atom stereocenters. The molecule has 0 aliphatic heterocycles. The van der Waals surface area contributed by atoms with Crippen LogP contribution in [0.2, 0.25) is 5.02 Å². The Bertz CT molecular complexity index is 476. The number of fused-ring (bicyclic) bond motifs is 1. The second-order valence-corrected chi connectivity index (χ2v) is 3.16. The quantitative estimate of drug-likeness (QED) is 0.780. The van der Waals surface area contributed by atoms with Crippen LogP contribution in [0.5, 0.6) is 0 Å². The smallest absolute Gasteiger partial charge is 0.352 e. The lowest BCUT2D eigenvalue weighted by atomic mass is 10.2. The Labute approximate surface area is 92.7 Å². The van der Waals surface area contributed by atoms with E-state index in [4.69, 9.17) is 16.7 Å². The first-order valence-corrected chi connectivity index (χ1v) is 5.06. The first-order chi connectivity index (χ1) is 7.16. The normalized spacial score (nSPS) is 9.53. The molecular weight excluding hydrogens is 214 g/mol. The molecule has 0 aliphatic rings. The molecule has 1 aromatic carbocycles. The summed E-state index contributed by atoms with van der Waals surface area (Å²) in [4.78, 5) is 13.4. The molecule has 2 N–H and O–H groups in total. The minimum atomic E-state index is -0.965. The van der Waals surface area contributed by atoms with E-state index in [2.05, 4.69) is 4.98 Å². The van der Waals surface area contributed by atoms with Gasteiger partial charge in [-0.2, -0.15) is 0 Å². The molecule has 0 amide bonds. The average Bonchev–Trinajstić information content (AvgIpc) is 2.63. The van der Waals surface area contributed by atoms with Gasteiger partial charge in [-0.1, -0.05) is 25.4 Å². The van der Waals surface area contributed by atoms with Crippen molar-refractivity contribution in [2.24, 2.45) is 0 Å². The highest BCUT2D eigenvalue weighted by Crippen LogP contribution is 2.19. The van der Waals surface area contributed by atoms with Gasteiger partial charge >= 0.3 is 5.97 Å². The molecule has 0 saturated carbocycles. The number of halogens is 1. The van der Waals surface area contributed by atoms with Gasteiger partial charge in [-0.05, 0) is 24.3 Å². The van der Waals surface area contributed by atoms with Crippen LogP contribution in [0, 0.1) is 0 Å². The average molecular weight is 226 g/mol. The van der Waals surface area contributed by atoms with Crippen LogP contribution >= 0.6 is 11.6 Å². The fourth-order valence-corrected chi connectivity index (χ4v) is 1.40. The van der Waals surface area contributed by atoms with Gasteiger partial charge in [0, 0.05) is 15.9 Å². The summed E-state index contributed by atoms with van der Waals surface area (Å²) in [6, 6.07) is 6.75. The Balaban J connectivity index is 0.000000531. The SMILES string of the molecule is CC.O=C(O)c1cc2cc(Cl)ccc2[nH]1. The summed E-state index contributed by atoms with van der Waals surface area (Å²) in [6.45, 7) is 4.00. The fourth-order valence-electron chi connectivity index (χ4n) is 1.22. The van der Waals surface area contributed by atoms with E-state index >= 15 is 0 Å². The summed E-state index contributed by atoms with van der Waals surface area (Å²) >= 11 is 5.75. The maximum atomic E-state index is 10.6. The van der Waals surface area contributed by atoms with Crippen molar-refractivity contribution < 1.29 is 9.90 Å². The minimum absolute atomic E-state index is 0.178. The summed E-state index contributed by atoms with van der Waals surface area (Å²) in [5, 5.41) is 10.1. The molecule has 0 radical (unpaired) electrons. The van der Waals surface area contributed by atoms with E-state index in [9.17, 15) is 4.79 Å². The number of carboxylic acids is 1. The van der Waals surface area contributed by atoms with Gasteiger partial charge in [-0.3, -0.25) is 0 Å². The Kier molecular flexibility index (Phi) is 3.74. The number of carboxylic acid groups (broad SMARTS) is 1. The zero-order chi connectivity index (χ0) is 11.4. The van der Waals surface area contributed by atoms with Crippen molar-refractivity contribution in [1.29, 1.82) is 0 Å². The predicted molar refractivity (Wildman–Crippen MR) is 61.6 cm³/mol. The second-order valence-electron chi connectivity index (χ2n) is 2.72. The van der Waals surface area contributed by atoms with E-state index in [1.807, 2.05) is 13.8 Å². The van der Waals surface area contributed by atoms with Crippen LogP contribution in [-0.4, -0.2) is 16.1 Å². The number of hydrogen-bond donors (Lipinski definition) is 2. The number of H-pyrrole nitrogens is 1. The van der Waals surface area contributed by atoms with Crippen LogP contribution in [0.3, 0.4) is 0 Å². The molecule has 0 bridgehead atoms. The number of aromatic nitrogens is 1. The molecule has 4 heteroatoms. The maximum absolute atomic E-state index is 10.6. The molecule has 0 spiro atoms. The summed E-state index contributed by atoms with van der Waals surface area (Å²) in [5.41, 5.74) is 0.957. The lowest BCUT2D eigenvalue weighted by Crippen LogP contribution is -1.94. The first-order valence-electron chi connectivity index (χ1n) is 4.68. The molecular formula is C11H12ClNO2. The molecule has 2 aromatic rings. The van der Waals surface area contributed by atoms with Crippen LogP contribution in [0.25, 0.3) is 10.9 Å². The van der Waals surface area contributed by atoms with Crippen molar-refractivity contribution in [3.63, 3.8) is 0 Å². The van der Waals surface area contributed by atoms with Gasteiger partial charge in [0.15, 0.2) is 0 Å². The number of aromatic amines is 1. The van der Waals surface area contributed by atoms with E-state index in [-0.39, 0.29) is 5.69 Å². The molecule has 3 nitrogen and oxygen atoms in total. The number of hydrogen-bond acceptors (Lipinski definition) is 1. The fraction of sp³-hybridized carbons (Fsp3) is 0.182. The van der Waals surface area contributed by atoms with Crippen molar-refractivity contribution in [1.82, 2.24) is 4.98 Å². The third kappa shape index (κ3) is 2.50. The lowest BCUT2D eigenvalue weighted by Gasteiger charge is -1.88. The molecule has 80 valence electrons. The van der Waals surface area contributed by atoms with Crippen LogP contribution < -0.4 is 0 Å². The van der Waals surface area contributed by atoms with Gasteiger partial charge in [0.05, 0.1) is 0 Å². The van der Waals surface area contributed by atoms with Gasteiger partial charge in [-0.15, -0.1) is 0 Å². The monoisotopic (exact) mass is 225 g/mol. The molecule has 0 fully saturated rings. The van der Waals surface area contributed by atoms with Crippen LogP contribution in [0.1, 0.15) is 24.3 Å². The molecule has 0 atom stereocenters. The van der Waals surface area contributed by atoms with Crippen LogP contribution in [0.4, 0.5) is 0 Å². The standard InChI is InChI=1S/C9H6ClNO2.C2H6/c10-6-1-2-7-5(3-6)4-8(11-7)9(12)13;1-2/h1-4,11H,(H,12,13);1-2H3. The van der Waals surface area contributed by atoms with E-state index in [0.717, 1.165) is 10.9 Å². The highest BCUT2D eigenvalue weighted by Gasteiger charge is 2.06. The third-order valence-corrected chi connectivity index (χ3v) is 2.05. The number of benzene rings is 1. The van der Waals surface area contributed by atoms with Crippen molar-refractivity contribution >= 4 is 28.5 Å². The molecule has 2 rings (SSSR count). The number of nitrogens with one attached hydrogen (secondary N) is 1. The summed E-state index contributed by atoms with van der Waals surface area (Å²) in [6.07, 6.45) is 0. The Morgan fingerprint density at radius 2 is 2.00 bits per heavy atom. The van der Waals surface area contributed by atoms with Crippen LogP contribution in [0.15, 0.2) is 24.3 Å². The molecule has 0 aliphatic carbocycles. The van der Waals surface area contributed by atoms with Crippen molar-refractivity contribution in [2.75, 3.05) is 0 Å². The zero-order valence-electron chi connectivity index (χ0n) is 8.54. The first kappa shape index (κ1) is 11.6. The molecule has 1 heterocycles. The Morgan fingerprint density at radius 1 is 1.33 bits per heavy atom. The molecule has 0 saturated heterocycles. The van der Waals surface area contributed by atoms with E-state index in [1.54, 1.807) is 24.3 Å². The van der Waals surface area contributed by atoms with E-state index in [1.165, 1.54) is 0 Å². The number of carbonyl (C=O) groups is 1. The topological polar surface area (TPSA) is 53.1 Å². The van der Waals surface area contributed by atoms with Gasteiger partial charge in [0.1, 0.15) is 5.69 Å². The zero-order valence-corrected chi connectivity index (χ0v) is 9.30.